The molecule has 0 aliphatic carbocycles. The van der Waals surface area contributed by atoms with Crippen molar-refractivity contribution in [1.29, 1.82) is 0 Å². The number of hydrogen-bond donors (Lipinski definition) is 0. The molecule has 0 aromatic heterocycles. The van der Waals surface area contributed by atoms with E-state index in [0.717, 1.165) is 77.0 Å². The summed E-state index contributed by atoms with van der Waals surface area (Å²) in [6.07, 6.45) is 48.6. The predicted octanol–water partition coefficient (Wildman–Crippen LogP) is 15.2. The minimum atomic E-state index is -0.769. The molecule has 0 bridgehead atoms. The highest BCUT2D eigenvalue weighted by Gasteiger charge is 2.19. The normalized spacial score (nSPS) is 12.1. The van der Waals surface area contributed by atoms with Crippen LogP contribution in [-0.4, -0.2) is 37.2 Å². The summed E-state index contributed by atoms with van der Waals surface area (Å²) in [5.41, 5.74) is 0. The zero-order chi connectivity index (χ0) is 40.1. The molecule has 0 radical (unpaired) electrons. The van der Waals surface area contributed by atoms with Gasteiger partial charge in [-0.2, -0.15) is 0 Å². The van der Waals surface area contributed by atoms with Gasteiger partial charge in [0.25, 0.3) is 0 Å². The number of esters is 3. The number of unbranched alkanes of at least 4 members (excludes halogenated alkanes) is 28. The van der Waals surface area contributed by atoms with Crippen molar-refractivity contribution < 1.29 is 28.6 Å². The molecule has 0 amide bonds. The summed E-state index contributed by atoms with van der Waals surface area (Å²) in [6.45, 7) is 6.58. The number of carbonyl (C=O) groups is 3. The summed E-state index contributed by atoms with van der Waals surface area (Å²) in [6, 6.07) is 0. The number of hydrogen-bond acceptors (Lipinski definition) is 6. The van der Waals surface area contributed by atoms with Crippen LogP contribution in [0.25, 0.3) is 0 Å². The second-order valence-electron chi connectivity index (χ2n) is 16.0. The average molecular weight is 775 g/mol. The fourth-order valence-electron chi connectivity index (χ4n) is 6.81. The van der Waals surface area contributed by atoms with Crippen LogP contribution in [0.1, 0.15) is 252 Å². The van der Waals surface area contributed by atoms with Crippen LogP contribution in [0.5, 0.6) is 0 Å². The largest absolute Gasteiger partial charge is 0.462 e. The third-order valence-corrected chi connectivity index (χ3v) is 10.5. The smallest absolute Gasteiger partial charge is 0.306 e. The second-order valence-corrected chi connectivity index (χ2v) is 16.0. The molecule has 0 N–H and O–H groups in total. The summed E-state index contributed by atoms with van der Waals surface area (Å²) in [7, 11) is 0. The third-order valence-electron chi connectivity index (χ3n) is 10.5. The summed E-state index contributed by atoms with van der Waals surface area (Å²) >= 11 is 0. The van der Waals surface area contributed by atoms with Gasteiger partial charge in [-0.25, -0.2) is 0 Å². The highest BCUT2D eigenvalue weighted by Crippen LogP contribution is 2.15. The Labute approximate surface area is 341 Å². The van der Waals surface area contributed by atoms with Crippen LogP contribution in [0.2, 0.25) is 0 Å². The Morgan fingerprint density at radius 2 is 0.673 bits per heavy atom. The van der Waals surface area contributed by atoms with E-state index >= 15 is 0 Å². The third kappa shape index (κ3) is 42.9. The maximum Gasteiger partial charge on any atom is 0.306 e. The Hall–Kier alpha value is -2.11. The van der Waals surface area contributed by atoms with E-state index in [2.05, 4.69) is 45.1 Å². The predicted molar refractivity (Wildman–Crippen MR) is 233 cm³/mol. The monoisotopic (exact) mass is 775 g/mol. The van der Waals surface area contributed by atoms with Crippen LogP contribution in [0.15, 0.2) is 24.3 Å². The van der Waals surface area contributed by atoms with Gasteiger partial charge in [-0.1, -0.05) is 212 Å². The molecular formula is C49H90O6. The molecule has 6 nitrogen and oxygen atoms in total. The van der Waals surface area contributed by atoms with Gasteiger partial charge in [0, 0.05) is 19.3 Å². The molecule has 0 heterocycles. The fraction of sp³-hybridized carbons (Fsp3) is 0.857. The zero-order valence-electron chi connectivity index (χ0n) is 36.7. The average Bonchev–Trinajstić information content (AvgIpc) is 3.18. The lowest BCUT2D eigenvalue weighted by Gasteiger charge is -2.18. The van der Waals surface area contributed by atoms with E-state index in [9.17, 15) is 14.4 Å². The lowest BCUT2D eigenvalue weighted by molar-refractivity contribution is -0.167. The van der Waals surface area contributed by atoms with Crippen molar-refractivity contribution in [3.63, 3.8) is 0 Å². The topological polar surface area (TPSA) is 78.9 Å². The molecule has 55 heavy (non-hydrogen) atoms. The lowest BCUT2D eigenvalue weighted by Crippen LogP contribution is -2.30. The van der Waals surface area contributed by atoms with Crippen molar-refractivity contribution in [3.05, 3.63) is 24.3 Å². The molecule has 0 aromatic rings. The molecule has 1 atom stereocenters. The minimum Gasteiger partial charge on any atom is -0.462 e. The number of allylic oxidation sites excluding steroid dienone is 4. The van der Waals surface area contributed by atoms with E-state index in [1.807, 2.05) is 0 Å². The quantitative estimate of drug-likeness (QED) is 0.0266. The van der Waals surface area contributed by atoms with Gasteiger partial charge in [0.1, 0.15) is 13.2 Å². The van der Waals surface area contributed by atoms with Crippen LogP contribution in [0.3, 0.4) is 0 Å². The summed E-state index contributed by atoms with van der Waals surface area (Å²) < 4.78 is 16.7. The Bertz CT molecular complexity index is 896. The fourth-order valence-corrected chi connectivity index (χ4v) is 6.81. The molecule has 0 spiro atoms. The molecular weight excluding hydrogens is 685 g/mol. The second kappa shape index (κ2) is 44.6. The van der Waals surface area contributed by atoms with Gasteiger partial charge in [-0.15, -0.1) is 0 Å². The molecule has 0 fully saturated rings. The summed E-state index contributed by atoms with van der Waals surface area (Å²) in [5, 5.41) is 0. The maximum atomic E-state index is 12.7. The molecule has 0 saturated carbocycles. The first kappa shape index (κ1) is 52.9. The van der Waals surface area contributed by atoms with Gasteiger partial charge in [-0.05, 0) is 44.9 Å². The molecule has 0 saturated heterocycles. The van der Waals surface area contributed by atoms with E-state index in [4.69, 9.17) is 14.2 Å². The van der Waals surface area contributed by atoms with E-state index in [-0.39, 0.29) is 31.1 Å². The van der Waals surface area contributed by atoms with E-state index < -0.39 is 6.10 Å². The SMILES string of the molecule is CCCC/C=C\C/C=C\CCCCCCCC(=O)OC[C@@H](COC(=O)CCCCCCCCCCCCC)OC(=O)CCCCCCCCCCCCCC. The number of carbonyl (C=O) groups excluding carboxylic acids is 3. The Kier molecular flexibility index (Phi) is 42.9. The van der Waals surface area contributed by atoms with Gasteiger partial charge >= 0.3 is 17.9 Å². The van der Waals surface area contributed by atoms with Gasteiger partial charge in [0.05, 0.1) is 0 Å². The number of ether oxygens (including phenoxy) is 3. The van der Waals surface area contributed by atoms with Crippen molar-refractivity contribution in [3.8, 4) is 0 Å². The molecule has 0 aliphatic heterocycles. The van der Waals surface area contributed by atoms with Gasteiger partial charge < -0.3 is 14.2 Å². The highest BCUT2D eigenvalue weighted by atomic mass is 16.6. The van der Waals surface area contributed by atoms with Crippen LogP contribution in [0, 0.1) is 0 Å². The Morgan fingerprint density at radius 1 is 0.364 bits per heavy atom. The molecule has 0 aromatic carbocycles. The van der Waals surface area contributed by atoms with Gasteiger partial charge in [-0.3, -0.25) is 14.4 Å². The molecule has 0 unspecified atom stereocenters. The van der Waals surface area contributed by atoms with E-state index in [1.165, 1.54) is 135 Å². The van der Waals surface area contributed by atoms with Crippen molar-refractivity contribution in [2.45, 2.75) is 258 Å². The van der Waals surface area contributed by atoms with Crippen molar-refractivity contribution >= 4 is 17.9 Å². The van der Waals surface area contributed by atoms with E-state index in [0.29, 0.717) is 19.3 Å². The van der Waals surface area contributed by atoms with Crippen LogP contribution < -0.4 is 0 Å². The van der Waals surface area contributed by atoms with Crippen molar-refractivity contribution in [2.24, 2.45) is 0 Å². The molecule has 6 heteroatoms. The van der Waals surface area contributed by atoms with Gasteiger partial charge in [0.15, 0.2) is 6.10 Å². The first-order valence-corrected chi connectivity index (χ1v) is 23.8. The van der Waals surface area contributed by atoms with Crippen LogP contribution >= 0.6 is 0 Å². The molecule has 0 aliphatic rings. The highest BCUT2D eigenvalue weighted by molar-refractivity contribution is 5.71. The van der Waals surface area contributed by atoms with Crippen LogP contribution in [-0.2, 0) is 28.6 Å². The van der Waals surface area contributed by atoms with Gasteiger partial charge in [0.2, 0.25) is 0 Å². The standard InChI is InChI=1S/C49H90O6/c1-4-7-10-13-16-19-22-24-25-28-30-33-36-39-42-48(51)54-45-46(44-53-47(50)41-38-35-32-29-26-21-18-15-12-9-6-3)55-49(52)43-40-37-34-31-27-23-20-17-14-11-8-5-2/h13,16,22,24,46H,4-12,14-15,17-21,23,25-45H2,1-3H3/b16-13-,24-22-/t46-/m1/s1. The first-order chi connectivity index (χ1) is 27.0. The van der Waals surface area contributed by atoms with Crippen molar-refractivity contribution in [2.75, 3.05) is 13.2 Å². The zero-order valence-corrected chi connectivity index (χ0v) is 36.7. The lowest BCUT2D eigenvalue weighted by atomic mass is 10.0. The molecule has 0 rings (SSSR count). The molecule has 322 valence electrons. The van der Waals surface area contributed by atoms with E-state index in [1.54, 1.807) is 0 Å². The summed E-state index contributed by atoms with van der Waals surface area (Å²) in [5.74, 6) is -0.879. The first-order valence-electron chi connectivity index (χ1n) is 23.8. The summed E-state index contributed by atoms with van der Waals surface area (Å²) in [4.78, 5) is 37.8. The Morgan fingerprint density at radius 3 is 1.05 bits per heavy atom. The Balaban J connectivity index is 4.36. The minimum absolute atomic E-state index is 0.0715. The maximum absolute atomic E-state index is 12.7. The van der Waals surface area contributed by atoms with Crippen molar-refractivity contribution in [1.82, 2.24) is 0 Å². The number of rotatable bonds is 43. The van der Waals surface area contributed by atoms with Crippen LogP contribution in [0.4, 0.5) is 0 Å².